The first-order chi connectivity index (χ1) is 5.74. The summed E-state index contributed by atoms with van der Waals surface area (Å²) in [5.74, 6) is 0. The molecule has 0 aliphatic heterocycles. The topological polar surface area (TPSA) is 38.9 Å². The molecule has 0 spiro atoms. The Labute approximate surface area is 77.6 Å². The Bertz CT molecular complexity index is 250. The Morgan fingerprint density at radius 2 is 2.42 bits per heavy atom. The largest absolute Gasteiger partial charge is 0.397 e. The SMILES string of the molecule is CCC(C)Sc1ncccc1N. The summed E-state index contributed by atoms with van der Waals surface area (Å²) in [5.41, 5.74) is 6.52. The van der Waals surface area contributed by atoms with E-state index in [1.54, 1.807) is 18.0 Å². The molecular weight excluding hydrogens is 168 g/mol. The molecule has 0 aliphatic rings. The number of anilines is 1. The minimum absolute atomic E-state index is 0.585. The zero-order chi connectivity index (χ0) is 8.97. The van der Waals surface area contributed by atoms with Crippen LogP contribution in [0.3, 0.4) is 0 Å². The van der Waals surface area contributed by atoms with Crippen LogP contribution in [0.4, 0.5) is 5.69 Å². The fraction of sp³-hybridized carbons (Fsp3) is 0.444. The summed E-state index contributed by atoms with van der Waals surface area (Å²) in [6.07, 6.45) is 2.92. The van der Waals surface area contributed by atoms with Crippen LogP contribution in [0.2, 0.25) is 0 Å². The minimum Gasteiger partial charge on any atom is -0.397 e. The molecule has 1 aromatic rings. The van der Waals surface area contributed by atoms with E-state index in [1.165, 1.54) is 0 Å². The third-order valence-electron chi connectivity index (χ3n) is 1.69. The highest BCUT2D eigenvalue weighted by Crippen LogP contribution is 2.27. The van der Waals surface area contributed by atoms with Gasteiger partial charge in [-0.15, -0.1) is 11.8 Å². The molecule has 1 rings (SSSR count). The molecule has 0 radical (unpaired) electrons. The van der Waals surface area contributed by atoms with E-state index in [1.807, 2.05) is 12.1 Å². The first kappa shape index (κ1) is 9.39. The van der Waals surface area contributed by atoms with Crippen molar-refractivity contribution in [2.75, 3.05) is 5.73 Å². The van der Waals surface area contributed by atoms with Gasteiger partial charge in [0, 0.05) is 11.4 Å². The van der Waals surface area contributed by atoms with E-state index in [-0.39, 0.29) is 0 Å². The van der Waals surface area contributed by atoms with Crippen molar-refractivity contribution >= 4 is 17.4 Å². The first-order valence-corrected chi connectivity index (χ1v) is 4.99. The average Bonchev–Trinajstić information content (AvgIpc) is 2.09. The third-order valence-corrected chi connectivity index (χ3v) is 2.99. The fourth-order valence-corrected chi connectivity index (χ4v) is 1.65. The molecule has 1 atom stereocenters. The first-order valence-electron chi connectivity index (χ1n) is 4.11. The number of rotatable bonds is 3. The Morgan fingerprint density at radius 3 is 3.00 bits per heavy atom. The van der Waals surface area contributed by atoms with Gasteiger partial charge in [0.1, 0.15) is 5.03 Å². The zero-order valence-corrected chi connectivity index (χ0v) is 8.27. The van der Waals surface area contributed by atoms with Crippen LogP contribution in [0.1, 0.15) is 20.3 Å². The molecule has 1 heterocycles. The summed E-state index contributed by atoms with van der Waals surface area (Å²) in [4.78, 5) is 4.20. The second-order valence-corrected chi connectivity index (χ2v) is 4.16. The molecule has 2 N–H and O–H groups in total. The molecule has 12 heavy (non-hydrogen) atoms. The highest BCUT2D eigenvalue weighted by Gasteiger charge is 2.04. The predicted molar refractivity (Wildman–Crippen MR) is 54.3 cm³/mol. The van der Waals surface area contributed by atoms with Gasteiger partial charge in [-0.05, 0) is 18.6 Å². The summed E-state index contributed by atoms with van der Waals surface area (Å²) >= 11 is 1.73. The van der Waals surface area contributed by atoms with Gasteiger partial charge in [0.25, 0.3) is 0 Å². The van der Waals surface area contributed by atoms with Crippen LogP contribution in [0.5, 0.6) is 0 Å². The lowest BCUT2D eigenvalue weighted by molar-refractivity contribution is 0.901. The quantitative estimate of drug-likeness (QED) is 0.730. The molecule has 0 saturated carbocycles. The normalized spacial score (nSPS) is 12.8. The fourth-order valence-electron chi connectivity index (χ4n) is 0.776. The van der Waals surface area contributed by atoms with E-state index in [0.717, 1.165) is 17.1 Å². The highest BCUT2D eigenvalue weighted by molar-refractivity contribution is 8.00. The Morgan fingerprint density at radius 1 is 1.67 bits per heavy atom. The van der Waals surface area contributed by atoms with Crippen LogP contribution >= 0.6 is 11.8 Å². The van der Waals surface area contributed by atoms with Gasteiger partial charge in [-0.2, -0.15) is 0 Å². The second kappa shape index (κ2) is 4.36. The molecule has 1 aromatic heterocycles. The molecular formula is C9H14N2S. The van der Waals surface area contributed by atoms with Gasteiger partial charge < -0.3 is 5.73 Å². The maximum absolute atomic E-state index is 5.74. The van der Waals surface area contributed by atoms with Crippen LogP contribution in [-0.2, 0) is 0 Å². The van der Waals surface area contributed by atoms with Crippen molar-refractivity contribution in [2.24, 2.45) is 0 Å². The van der Waals surface area contributed by atoms with Gasteiger partial charge in [0.15, 0.2) is 0 Å². The standard InChI is InChI=1S/C9H14N2S/c1-3-7(2)12-9-8(10)5-4-6-11-9/h4-7H,3,10H2,1-2H3. The molecule has 0 aromatic carbocycles. The highest BCUT2D eigenvalue weighted by atomic mass is 32.2. The summed E-state index contributed by atoms with van der Waals surface area (Å²) in [6.45, 7) is 4.34. The van der Waals surface area contributed by atoms with E-state index in [2.05, 4.69) is 18.8 Å². The summed E-state index contributed by atoms with van der Waals surface area (Å²) < 4.78 is 0. The molecule has 0 fully saturated rings. The number of nitrogens with two attached hydrogens (primary N) is 1. The van der Waals surface area contributed by atoms with Gasteiger partial charge in [-0.25, -0.2) is 4.98 Å². The van der Waals surface area contributed by atoms with E-state index >= 15 is 0 Å². The van der Waals surface area contributed by atoms with Crippen LogP contribution < -0.4 is 5.73 Å². The van der Waals surface area contributed by atoms with E-state index in [9.17, 15) is 0 Å². The number of nitrogens with zero attached hydrogens (tertiary/aromatic N) is 1. The molecule has 3 heteroatoms. The monoisotopic (exact) mass is 182 g/mol. The smallest absolute Gasteiger partial charge is 0.119 e. The summed E-state index contributed by atoms with van der Waals surface area (Å²) in [6, 6.07) is 3.74. The maximum Gasteiger partial charge on any atom is 0.119 e. The number of thioether (sulfide) groups is 1. The third kappa shape index (κ3) is 2.41. The number of nitrogen functional groups attached to an aromatic ring is 1. The van der Waals surface area contributed by atoms with Crippen molar-refractivity contribution in [1.29, 1.82) is 0 Å². The number of hydrogen-bond donors (Lipinski definition) is 1. The molecule has 0 bridgehead atoms. The van der Waals surface area contributed by atoms with Gasteiger partial charge >= 0.3 is 0 Å². The number of pyridine rings is 1. The molecule has 0 aliphatic carbocycles. The Balaban J connectivity index is 2.69. The van der Waals surface area contributed by atoms with Crippen LogP contribution in [0.15, 0.2) is 23.4 Å². The van der Waals surface area contributed by atoms with Crippen molar-refractivity contribution in [2.45, 2.75) is 30.5 Å². The van der Waals surface area contributed by atoms with Crippen LogP contribution in [-0.4, -0.2) is 10.2 Å². The molecule has 0 amide bonds. The van der Waals surface area contributed by atoms with E-state index in [0.29, 0.717) is 5.25 Å². The predicted octanol–water partition coefficient (Wildman–Crippen LogP) is 2.55. The number of hydrogen-bond acceptors (Lipinski definition) is 3. The summed E-state index contributed by atoms with van der Waals surface area (Å²) in [7, 11) is 0. The molecule has 66 valence electrons. The van der Waals surface area contributed by atoms with Gasteiger partial charge in [-0.1, -0.05) is 13.8 Å². The lowest BCUT2D eigenvalue weighted by Gasteiger charge is -2.08. The Hall–Kier alpha value is -0.700. The molecule has 0 saturated heterocycles. The van der Waals surface area contributed by atoms with Crippen molar-refractivity contribution in [3.8, 4) is 0 Å². The van der Waals surface area contributed by atoms with E-state index < -0.39 is 0 Å². The van der Waals surface area contributed by atoms with Gasteiger partial charge in [0.05, 0.1) is 5.69 Å². The minimum atomic E-state index is 0.585. The number of aromatic nitrogens is 1. The Kier molecular flexibility index (Phi) is 3.41. The second-order valence-electron chi connectivity index (χ2n) is 2.73. The lowest BCUT2D eigenvalue weighted by atomic mass is 10.4. The average molecular weight is 182 g/mol. The zero-order valence-electron chi connectivity index (χ0n) is 7.45. The van der Waals surface area contributed by atoms with E-state index in [4.69, 9.17) is 5.73 Å². The summed E-state index contributed by atoms with van der Waals surface area (Å²) in [5, 5.41) is 1.54. The van der Waals surface area contributed by atoms with Crippen molar-refractivity contribution < 1.29 is 0 Å². The van der Waals surface area contributed by atoms with Crippen LogP contribution in [0.25, 0.3) is 0 Å². The van der Waals surface area contributed by atoms with Crippen LogP contribution in [0, 0.1) is 0 Å². The van der Waals surface area contributed by atoms with Crippen molar-refractivity contribution in [1.82, 2.24) is 4.98 Å². The maximum atomic E-state index is 5.74. The lowest BCUT2D eigenvalue weighted by Crippen LogP contribution is -1.97. The van der Waals surface area contributed by atoms with Gasteiger partial charge in [0.2, 0.25) is 0 Å². The van der Waals surface area contributed by atoms with Gasteiger partial charge in [-0.3, -0.25) is 0 Å². The van der Waals surface area contributed by atoms with Crippen molar-refractivity contribution in [3.05, 3.63) is 18.3 Å². The molecule has 2 nitrogen and oxygen atoms in total. The molecule has 1 unspecified atom stereocenters. The van der Waals surface area contributed by atoms with Crippen molar-refractivity contribution in [3.63, 3.8) is 0 Å².